The Hall–Kier alpha value is -0.294. The second-order valence-electron chi connectivity index (χ2n) is 4.97. The van der Waals surface area contributed by atoms with Crippen LogP contribution < -0.4 is 0 Å². The predicted molar refractivity (Wildman–Crippen MR) is 83.6 cm³/mol. The van der Waals surface area contributed by atoms with E-state index in [-0.39, 0.29) is 23.1 Å². The fourth-order valence-electron chi connectivity index (χ4n) is 1.95. The Labute approximate surface area is 138 Å². The first-order chi connectivity index (χ1) is 9.16. The normalized spacial score (nSPS) is 9.85. The number of aliphatic carboxylic acids is 1. The fourth-order valence-corrected chi connectivity index (χ4v) is 1.95. The molecule has 0 aromatic rings. The minimum absolute atomic E-state index is 0. The minimum Gasteiger partial charge on any atom is -0.481 e. The second kappa shape index (κ2) is 16.8. The molecule has 0 aliphatic heterocycles. The Morgan fingerprint density at radius 1 is 0.850 bits per heavy atom. The molecule has 0 saturated heterocycles. The summed E-state index contributed by atoms with van der Waals surface area (Å²) < 4.78 is 4.81. The molecular formula is C15H30MgO4. The number of rotatable bonds is 13. The Bertz CT molecular complexity index is 244. The van der Waals surface area contributed by atoms with Crippen LogP contribution in [0.3, 0.4) is 0 Å². The molecule has 0 bridgehead atoms. The van der Waals surface area contributed by atoms with Crippen LogP contribution in [0.25, 0.3) is 0 Å². The lowest BCUT2D eigenvalue weighted by molar-refractivity contribution is -0.151. The van der Waals surface area contributed by atoms with Crippen molar-refractivity contribution in [1.82, 2.24) is 0 Å². The molecule has 0 unspecified atom stereocenters. The number of unbranched alkanes of at least 4 members (excludes halogenated alkanes) is 9. The summed E-state index contributed by atoms with van der Waals surface area (Å²) in [5.41, 5.74) is 0. The van der Waals surface area contributed by atoms with Crippen molar-refractivity contribution in [2.45, 2.75) is 77.6 Å². The molecule has 0 amide bonds. The van der Waals surface area contributed by atoms with Gasteiger partial charge in [0.2, 0.25) is 0 Å². The molecular weight excluding hydrogens is 268 g/mol. The van der Waals surface area contributed by atoms with Crippen molar-refractivity contribution in [3.8, 4) is 0 Å². The van der Waals surface area contributed by atoms with E-state index in [2.05, 4.69) is 6.92 Å². The molecule has 0 heterocycles. The number of carbonyl (C=O) groups excluding carboxylic acids is 1. The van der Waals surface area contributed by atoms with Crippen molar-refractivity contribution in [3.63, 3.8) is 0 Å². The molecule has 0 spiro atoms. The smallest absolute Gasteiger partial charge is 0.317 e. The van der Waals surface area contributed by atoms with E-state index in [9.17, 15) is 9.59 Å². The number of hydrogen-bond acceptors (Lipinski definition) is 3. The summed E-state index contributed by atoms with van der Waals surface area (Å²) in [7, 11) is 0. The monoisotopic (exact) mass is 298 g/mol. The molecule has 0 aromatic carbocycles. The minimum atomic E-state index is -1.13. The number of ether oxygens (including phenoxy) is 1. The SMILES string of the molecule is CCCCCCCCCCCCOC(=O)CC(=O)O.[MgH2]. The van der Waals surface area contributed by atoms with Crippen molar-refractivity contribution < 1.29 is 19.4 Å². The molecule has 4 nitrogen and oxygen atoms in total. The van der Waals surface area contributed by atoms with Crippen LogP contribution in [-0.2, 0) is 14.3 Å². The van der Waals surface area contributed by atoms with E-state index >= 15 is 0 Å². The van der Waals surface area contributed by atoms with E-state index in [0.29, 0.717) is 6.61 Å². The van der Waals surface area contributed by atoms with Crippen molar-refractivity contribution in [2.24, 2.45) is 0 Å². The van der Waals surface area contributed by atoms with Crippen LogP contribution >= 0.6 is 0 Å². The highest BCUT2D eigenvalue weighted by Gasteiger charge is 2.07. The maximum atomic E-state index is 10.9. The van der Waals surface area contributed by atoms with E-state index in [0.717, 1.165) is 12.8 Å². The van der Waals surface area contributed by atoms with Crippen LogP contribution in [0.2, 0.25) is 0 Å². The molecule has 0 rings (SSSR count). The van der Waals surface area contributed by atoms with Gasteiger partial charge in [-0.2, -0.15) is 0 Å². The highest BCUT2D eigenvalue weighted by molar-refractivity contribution is 5.90. The van der Waals surface area contributed by atoms with Crippen LogP contribution in [0, 0.1) is 0 Å². The third-order valence-corrected chi connectivity index (χ3v) is 3.06. The third kappa shape index (κ3) is 17.7. The number of hydrogen-bond donors (Lipinski definition) is 1. The van der Waals surface area contributed by atoms with Gasteiger partial charge < -0.3 is 9.84 Å². The number of carboxylic acids is 1. The first kappa shape index (κ1) is 22.0. The zero-order valence-corrected chi connectivity index (χ0v) is 12.2. The standard InChI is InChI=1S/C15H28O4.Mg.2H/c1-2-3-4-5-6-7-8-9-10-11-12-19-15(18)13-14(16)17;;;/h2-13H2,1H3,(H,16,17);;;. The summed E-state index contributed by atoms with van der Waals surface area (Å²) in [4.78, 5) is 21.1. The molecule has 116 valence electrons. The molecule has 0 aromatic heterocycles. The van der Waals surface area contributed by atoms with Crippen LogP contribution in [0.5, 0.6) is 0 Å². The molecule has 0 radical (unpaired) electrons. The Balaban J connectivity index is 0. The highest BCUT2D eigenvalue weighted by Crippen LogP contribution is 2.10. The lowest BCUT2D eigenvalue weighted by Crippen LogP contribution is -2.11. The van der Waals surface area contributed by atoms with Crippen LogP contribution in [-0.4, -0.2) is 46.7 Å². The summed E-state index contributed by atoms with van der Waals surface area (Å²) >= 11 is 0. The van der Waals surface area contributed by atoms with E-state index in [1.807, 2.05) is 0 Å². The van der Waals surface area contributed by atoms with Crippen LogP contribution in [0.1, 0.15) is 77.6 Å². The van der Waals surface area contributed by atoms with Crippen LogP contribution in [0.15, 0.2) is 0 Å². The summed E-state index contributed by atoms with van der Waals surface area (Å²) in [5.74, 6) is -1.77. The van der Waals surface area contributed by atoms with Crippen molar-refractivity contribution in [2.75, 3.05) is 6.61 Å². The van der Waals surface area contributed by atoms with Crippen molar-refractivity contribution >= 4 is 35.0 Å². The number of carboxylic acid groups (broad SMARTS) is 1. The molecule has 20 heavy (non-hydrogen) atoms. The Morgan fingerprint density at radius 3 is 1.75 bits per heavy atom. The van der Waals surface area contributed by atoms with Crippen molar-refractivity contribution in [1.29, 1.82) is 0 Å². The molecule has 0 atom stereocenters. The molecule has 0 saturated carbocycles. The van der Waals surface area contributed by atoms with Gasteiger partial charge in [-0.05, 0) is 6.42 Å². The number of carbonyl (C=O) groups is 2. The predicted octanol–water partition coefficient (Wildman–Crippen LogP) is 3.01. The van der Waals surface area contributed by atoms with Gasteiger partial charge in [0.15, 0.2) is 0 Å². The van der Waals surface area contributed by atoms with Gasteiger partial charge in [0.25, 0.3) is 0 Å². The topological polar surface area (TPSA) is 63.6 Å². The largest absolute Gasteiger partial charge is 0.481 e. The first-order valence-corrected chi connectivity index (χ1v) is 7.54. The zero-order chi connectivity index (χ0) is 14.3. The van der Waals surface area contributed by atoms with E-state index < -0.39 is 18.4 Å². The van der Waals surface area contributed by atoms with Gasteiger partial charge in [0, 0.05) is 0 Å². The van der Waals surface area contributed by atoms with E-state index in [1.165, 1.54) is 51.4 Å². The Kier molecular flexibility index (Phi) is 18.4. The van der Waals surface area contributed by atoms with Gasteiger partial charge in [0.1, 0.15) is 6.42 Å². The van der Waals surface area contributed by atoms with Gasteiger partial charge in [-0.15, -0.1) is 0 Å². The lowest BCUT2D eigenvalue weighted by atomic mass is 10.1. The molecule has 0 aliphatic rings. The van der Waals surface area contributed by atoms with Gasteiger partial charge in [-0.3, -0.25) is 9.59 Å². The summed E-state index contributed by atoms with van der Waals surface area (Å²) in [6.45, 7) is 2.58. The molecule has 0 fully saturated rings. The summed E-state index contributed by atoms with van der Waals surface area (Å²) in [6.07, 6.45) is 11.7. The molecule has 1 N–H and O–H groups in total. The molecule has 5 heteroatoms. The van der Waals surface area contributed by atoms with Gasteiger partial charge in [-0.25, -0.2) is 0 Å². The maximum absolute atomic E-state index is 10.9. The van der Waals surface area contributed by atoms with Crippen LogP contribution in [0.4, 0.5) is 0 Å². The van der Waals surface area contributed by atoms with E-state index in [1.54, 1.807) is 0 Å². The quantitative estimate of drug-likeness (QED) is 0.246. The Morgan fingerprint density at radius 2 is 1.30 bits per heavy atom. The van der Waals surface area contributed by atoms with Gasteiger partial charge in [0.05, 0.1) is 6.61 Å². The van der Waals surface area contributed by atoms with E-state index in [4.69, 9.17) is 9.84 Å². The second-order valence-corrected chi connectivity index (χ2v) is 4.97. The van der Waals surface area contributed by atoms with Crippen molar-refractivity contribution in [3.05, 3.63) is 0 Å². The fraction of sp³-hybridized carbons (Fsp3) is 0.867. The first-order valence-electron chi connectivity index (χ1n) is 7.54. The summed E-state index contributed by atoms with van der Waals surface area (Å²) in [6, 6.07) is 0. The molecule has 0 aliphatic carbocycles. The van der Waals surface area contributed by atoms with Gasteiger partial charge in [-0.1, -0.05) is 64.7 Å². The third-order valence-electron chi connectivity index (χ3n) is 3.06. The average molecular weight is 299 g/mol. The zero-order valence-electron chi connectivity index (χ0n) is 12.2. The maximum Gasteiger partial charge on any atom is 0.317 e. The lowest BCUT2D eigenvalue weighted by Gasteiger charge is -2.03. The summed E-state index contributed by atoms with van der Waals surface area (Å²) in [5, 5.41) is 8.36. The van der Waals surface area contributed by atoms with Gasteiger partial charge >= 0.3 is 35.0 Å². The highest BCUT2D eigenvalue weighted by atomic mass is 24.3. The average Bonchev–Trinajstić information content (AvgIpc) is 2.35. The number of esters is 1.